The van der Waals surface area contributed by atoms with Crippen LogP contribution in [-0.4, -0.2) is 0 Å². The van der Waals surface area contributed by atoms with E-state index >= 15 is 0 Å². The smallest absolute Gasteiger partial charge is 0.0546 e. The molecule has 0 atom stereocenters. The molecular formula is C59H41NS. The van der Waals surface area contributed by atoms with Crippen molar-refractivity contribution in [3.05, 3.63) is 223 Å². The van der Waals surface area contributed by atoms with Gasteiger partial charge in [-0.05, 0) is 126 Å². The van der Waals surface area contributed by atoms with Crippen LogP contribution in [0.4, 0.5) is 17.1 Å². The van der Waals surface area contributed by atoms with Gasteiger partial charge in [-0.15, -0.1) is 11.3 Å². The lowest BCUT2D eigenvalue weighted by molar-refractivity contribution is 0.660. The molecule has 0 bridgehead atoms. The van der Waals surface area contributed by atoms with Gasteiger partial charge in [0.15, 0.2) is 0 Å². The zero-order chi connectivity index (χ0) is 40.7. The summed E-state index contributed by atoms with van der Waals surface area (Å²) in [5, 5.41) is 7.61. The molecule has 0 aliphatic heterocycles. The fraction of sp³-hybridized carbons (Fsp3) is 0.0508. The molecule has 61 heavy (non-hydrogen) atoms. The Morgan fingerprint density at radius 3 is 1.84 bits per heavy atom. The van der Waals surface area contributed by atoms with Crippen molar-refractivity contribution in [2.24, 2.45) is 0 Å². The summed E-state index contributed by atoms with van der Waals surface area (Å²) in [4.78, 5) is 2.51. The number of nitrogens with zero attached hydrogens (tertiary/aromatic N) is 1. The van der Waals surface area contributed by atoms with Crippen molar-refractivity contribution in [3.8, 4) is 44.5 Å². The van der Waals surface area contributed by atoms with Gasteiger partial charge in [-0.3, -0.25) is 0 Å². The molecule has 0 saturated heterocycles. The molecule has 288 valence electrons. The summed E-state index contributed by atoms with van der Waals surface area (Å²) in [6.45, 7) is 4.75. The quantitative estimate of drug-likeness (QED) is 0.152. The lowest BCUT2D eigenvalue weighted by Crippen LogP contribution is -2.17. The fourth-order valence-electron chi connectivity index (χ4n) is 10.1. The Balaban J connectivity index is 1.16. The second-order valence-corrected chi connectivity index (χ2v) is 17.9. The predicted molar refractivity (Wildman–Crippen MR) is 263 cm³/mol. The number of rotatable bonds is 6. The standard InChI is InChI=1S/C59H41NS/c1-59(2)53-24-12-10-21-47(53)48-33-32-43(37-54(48)59)60(42-30-27-39(28-31-42)38-15-4-3-5-16-38)55-25-14-23-50(51-35-40-17-6-7-18-44(40)45-19-8-9-20-46(45)51)58(55)41-29-34-57-52(36-41)49-22-11-13-26-56(49)61-57/h3-37H,1-2H3. The highest BCUT2D eigenvalue weighted by Gasteiger charge is 2.36. The van der Waals surface area contributed by atoms with Crippen LogP contribution in [0.25, 0.3) is 86.2 Å². The Morgan fingerprint density at radius 1 is 0.361 bits per heavy atom. The average molecular weight is 796 g/mol. The van der Waals surface area contributed by atoms with Gasteiger partial charge in [0, 0.05) is 42.5 Å². The van der Waals surface area contributed by atoms with Gasteiger partial charge in [0.25, 0.3) is 0 Å². The van der Waals surface area contributed by atoms with Crippen LogP contribution in [0.5, 0.6) is 0 Å². The van der Waals surface area contributed by atoms with Crippen molar-refractivity contribution in [2.75, 3.05) is 4.90 Å². The normalized spacial score (nSPS) is 12.9. The molecule has 2 heteroatoms. The number of hydrogen-bond acceptors (Lipinski definition) is 2. The Morgan fingerprint density at radius 2 is 0.984 bits per heavy atom. The maximum atomic E-state index is 2.51. The maximum Gasteiger partial charge on any atom is 0.0546 e. The summed E-state index contributed by atoms with van der Waals surface area (Å²) in [5.74, 6) is 0. The second-order valence-electron chi connectivity index (χ2n) is 16.8. The molecule has 0 fully saturated rings. The van der Waals surface area contributed by atoms with E-state index in [1.54, 1.807) is 0 Å². The average Bonchev–Trinajstić information content (AvgIpc) is 3.80. The molecule has 0 N–H and O–H groups in total. The van der Waals surface area contributed by atoms with Gasteiger partial charge < -0.3 is 4.90 Å². The molecule has 0 amide bonds. The summed E-state index contributed by atoms with van der Waals surface area (Å²) in [6, 6.07) is 78.9. The van der Waals surface area contributed by atoms with E-state index in [9.17, 15) is 0 Å². The number of anilines is 3. The molecule has 10 aromatic carbocycles. The van der Waals surface area contributed by atoms with Gasteiger partial charge in [0.05, 0.1) is 5.69 Å². The molecule has 1 heterocycles. The third-order valence-electron chi connectivity index (χ3n) is 13.1. The van der Waals surface area contributed by atoms with Gasteiger partial charge in [0.2, 0.25) is 0 Å². The lowest BCUT2D eigenvalue weighted by atomic mass is 9.82. The first-order valence-electron chi connectivity index (χ1n) is 21.2. The van der Waals surface area contributed by atoms with Crippen LogP contribution < -0.4 is 4.90 Å². The third kappa shape index (κ3) is 5.67. The molecule has 0 unspecified atom stereocenters. The maximum absolute atomic E-state index is 2.51. The van der Waals surface area contributed by atoms with E-state index in [0.717, 1.165) is 17.1 Å². The minimum atomic E-state index is -0.148. The first kappa shape index (κ1) is 35.7. The molecule has 0 spiro atoms. The van der Waals surface area contributed by atoms with Crippen molar-refractivity contribution >= 4 is 70.1 Å². The molecule has 1 aromatic heterocycles. The summed E-state index contributed by atoms with van der Waals surface area (Å²) in [5.41, 5.74) is 15.8. The van der Waals surface area contributed by atoms with Gasteiger partial charge in [-0.2, -0.15) is 0 Å². The Kier molecular flexibility index (Phi) is 8.13. The van der Waals surface area contributed by atoms with Gasteiger partial charge >= 0.3 is 0 Å². The van der Waals surface area contributed by atoms with E-state index in [4.69, 9.17) is 0 Å². The molecule has 0 radical (unpaired) electrons. The molecule has 1 aliphatic rings. The Bertz CT molecular complexity index is 3500. The fourth-order valence-corrected chi connectivity index (χ4v) is 11.2. The SMILES string of the molecule is CC1(C)c2ccccc2-c2ccc(N(c3ccc(-c4ccccc4)cc3)c3cccc(-c4cc5ccccc5c5ccccc45)c3-c3ccc4sc5ccccc5c4c3)cc21. The van der Waals surface area contributed by atoms with E-state index in [2.05, 4.69) is 231 Å². The molecule has 1 aliphatic carbocycles. The monoisotopic (exact) mass is 795 g/mol. The van der Waals surface area contributed by atoms with E-state index in [1.165, 1.54) is 97.4 Å². The Hall–Kier alpha value is -7.26. The first-order chi connectivity index (χ1) is 30.0. The number of hydrogen-bond donors (Lipinski definition) is 0. The van der Waals surface area contributed by atoms with Crippen molar-refractivity contribution in [3.63, 3.8) is 0 Å². The summed E-state index contributed by atoms with van der Waals surface area (Å²) < 4.78 is 2.61. The van der Waals surface area contributed by atoms with Crippen LogP contribution in [0.15, 0.2) is 212 Å². The van der Waals surface area contributed by atoms with Crippen molar-refractivity contribution in [1.29, 1.82) is 0 Å². The van der Waals surface area contributed by atoms with Crippen LogP contribution in [0.1, 0.15) is 25.0 Å². The zero-order valence-corrected chi connectivity index (χ0v) is 34.9. The number of fused-ring (bicyclic) bond motifs is 9. The molecule has 0 saturated carbocycles. The lowest BCUT2D eigenvalue weighted by Gasteiger charge is -2.31. The third-order valence-corrected chi connectivity index (χ3v) is 14.2. The van der Waals surface area contributed by atoms with E-state index in [-0.39, 0.29) is 5.41 Å². The van der Waals surface area contributed by atoms with Crippen LogP contribution >= 0.6 is 11.3 Å². The van der Waals surface area contributed by atoms with Crippen molar-refractivity contribution < 1.29 is 0 Å². The first-order valence-corrected chi connectivity index (χ1v) is 22.0. The van der Waals surface area contributed by atoms with Gasteiger partial charge in [-0.1, -0.05) is 172 Å². The predicted octanol–water partition coefficient (Wildman–Crippen LogP) is 17.1. The summed E-state index contributed by atoms with van der Waals surface area (Å²) in [7, 11) is 0. The van der Waals surface area contributed by atoms with Crippen molar-refractivity contribution in [2.45, 2.75) is 19.3 Å². The number of thiophene rings is 1. The van der Waals surface area contributed by atoms with Crippen LogP contribution in [0, 0.1) is 0 Å². The summed E-state index contributed by atoms with van der Waals surface area (Å²) in [6.07, 6.45) is 0. The zero-order valence-electron chi connectivity index (χ0n) is 34.1. The molecule has 12 rings (SSSR count). The van der Waals surface area contributed by atoms with Gasteiger partial charge in [0.1, 0.15) is 0 Å². The van der Waals surface area contributed by atoms with Crippen LogP contribution in [0.2, 0.25) is 0 Å². The Labute approximate surface area is 360 Å². The topological polar surface area (TPSA) is 3.24 Å². The highest BCUT2D eigenvalue weighted by atomic mass is 32.1. The van der Waals surface area contributed by atoms with Gasteiger partial charge in [-0.25, -0.2) is 0 Å². The van der Waals surface area contributed by atoms with Crippen LogP contribution in [0.3, 0.4) is 0 Å². The minimum absolute atomic E-state index is 0.148. The molecule has 11 aromatic rings. The highest BCUT2D eigenvalue weighted by Crippen LogP contribution is 2.53. The minimum Gasteiger partial charge on any atom is -0.310 e. The summed E-state index contributed by atoms with van der Waals surface area (Å²) >= 11 is 1.87. The highest BCUT2D eigenvalue weighted by molar-refractivity contribution is 7.25. The molecular weight excluding hydrogens is 755 g/mol. The number of benzene rings is 10. The van der Waals surface area contributed by atoms with Crippen molar-refractivity contribution in [1.82, 2.24) is 0 Å². The van der Waals surface area contributed by atoms with E-state index < -0.39 is 0 Å². The largest absolute Gasteiger partial charge is 0.310 e. The van der Waals surface area contributed by atoms with Crippen LogP contribution in [-0.2, 0) is 5.41 Å². The van der Waals surface area contributed by atoms with E-state index in [0.29, 0.717) is 0 Å². The second kappa shape index (κ2) is 13.9. The van der Waals surface area contributed by atoms with E-state index in [1.807, 2.05) is 11.3 Å². The molecule has 1 nitrogen and oxygen atoms in total.